The minimum Gasteiger partial charge on any atom is -0.462 e. The van der Waals surface area contributed by atoms with Gasteiger partial charge in [0.25, 0.3) is 0 Å². The molecule has 0 aliphatic heterocycles. The lowest BCUT2D eigenvalue weighted by molar-refractivity contribution is 0.0526. The van der Waals surface area contributed by atoms with E-state index in [0.717, 1.165) is 31.0 Å². The highest BCUT2D eigenvalue weighted by Crippen LogP contribution is 2.06. The van der Waals surface area contributed by atoms with E-state index in [9.17, 15) is 4.79 Å². The van der Waals surface area contributed by atoms with Crippen molar-refractivity contribution < 1.29 is 9.53 Å². The molecule has 2 aromatic rings. The molecule has 0 aliphatic carbocycles. The molecule has 0 aliphatic rings. The molecular weight excluding hydrogens is 258 g/mol. The first-order valence-corrected chi connectivity index (χ1v) is 6.51. The molecule has 2 heterocycles. The van der Waals surface area contributed by atoms with E-state index in [0.29, 0.717) is 12.2 Å². The summed E-state index contributed by atoms with van der Waals surface area (Å²) in [6.45, 7) is 2.91. The molecule has 2 rings (SSSR count). The van der Waals surface area contributed by atoms with Gasteiger partial charge < -0.3 is 10.1 Å². The van der Waals surface area contributed by atoms with Crippen LogP contribution >= 0.6 is 0 Å². The minimum atomic E-state index is -0.350. The Morgan fingerprint density at radius 3 is 2.95 bits per heavy atom. The Bertz CT molecular complexity index is 524. The fourth-order valence-electron chi connectivity index (χ4n) is 1.66. The van der Waals surface area contributed by atoms with Crippen LogP contribution in [-0.2, 0) is 11.2 Å². The van der Waals surface area contributed by atoms with Gasteiger partial charge in [0.2, 0.25) is 0 Å². The second kappa shape index (κ2) is 7.22. The number of aromatic amines is 1. The van der Waals surface area contributed by atoms with Gasteiger partial charge in [0.05, 0.1) is 12.2 Å². The number of carbonyl (C=O) groups excluding carboxylic acids is 1. The first-order chi connectivity index (χ1) is 9.79. The SMILES string of the molecule is CCOC(=O)c1ccc(NCCCc2ncn[nH]2)nc1. The summed E-state index contributed by atoms with van der Waals surface area (Å²) >= 11 is 0. The molecule has 7 heteroatoms. The van der Waals surface area contributed by atoms with Crippen LogP contribution < -0.4 is 5.32 Å². The molecule has 0 aromatic carbocycles. The Labute approximate surface area is 116 Å². The van der Waals surface area contributed by atoms with Crippen LogP contribution in [0.25, 0.3) is 0 Å². The quantitative estimate of drug-likeness (QED) is 0.586. The predicted octanol–water partition coefficient (Wildman–Crippen LogP) is 1.42. The van der Waals surface area contributed by atoms with E-state index in [1.807, 2.05) is 0 Å². The smallest absolute Gasteiger partial charge is 0.339 e. The second-order valence-electron chi connectivity index (χ2n) is 4.12. The molecule has 0 spiro atoms. The zero-order valence-electron chi connectivity index (χ0n) is 11.3. The van der Waals surface area contributed by atoms with Gasteiger partial charge >= 0.3 is 5.97 Å². The first-order valence-electron chi connectivity index (χ1n) is 6.51. The van der Waals surface area contributed by atoms with E-state index >= 15 is 0 Å². The van der Waals surface area contributed by atoms with Gasteiger partial charge in [0.1, 0.15) is 18.0 Å². The highest BCUT2D eigenvalue weighted by Gasteiger charge is 2.06. The van der Waals surface area contributed by atoms with E-state index in [-0.39, 0.29) is 5.97 Å². The number of carbonyl (C=O) groups is 1. The molecular formula is C13H17N5O2. The van der Waals surface area contributed by atoms with E-state index < -0.39 is 0 Å². The van der Waals surface area contributed by atoms with Crippen LogP contribution in [-0.4, -0.2) is 39.3 Å². The van der Waals surface area contributed by atoms with Gasteiger partial charge in [-0.05, 0) is 25.5 Å². The monoisotopic (exact) mass is 275 g/mol. The number of hydrogen-bond acceptors (Lipinski definition) is 6. The van der Waals surface area contributed by atoms with E-state index in [2.05, 4.69) is 25.5 Å². The van der Waals surface area contributed by atoms with Crippen LogP contribution in [0.4, 0.5) is 5.82 Å². The van der Waals surface area contributed by atoms with Crippen molar-refractivity contribution in [1.29, 1.82) is 0 Å². The molecule has 2 aromatic heterocycles. The van der Waals surface area contributed by atoms with Gasteiger partial charge in [-0.2, -0.15) is 5.10 Å². The Morgan fingerprint density at radius 1 is 1.40 bits per heavy atom. The maximum atomic E-state index is 11.4. The van der Waals surface area contributed by atoms with Gasteiger partial charge in [0, 0.05) is 19.2 Å². The summed E-state index contributed by atoms with van der Waals surface area (Å²) in [7, 11) is 0. The number of nitrogens with zero attached hydrogens (tertiary/aromatic N) is 3. The number of ether oxygens (including phenoxy) is 1. The summed E-state index contributed by atoms with van der Waals surface area (Å²) in [4.78, 5) is 19.7. The lowest BCUT2D eigenvalue weighted by atomic mass is 10.2. The number of aromatic nitrogens is 4. The lowest BCUT2D eigenvalue weighted by Crippen LogP contribution is -2.08. The van der Waals surface area contributed by atoms with Gasteiger partial charge in [-0.25, -0.2) is 14.8 Å². The molecule has 0 amide bonds. The molecule has 2 N–H and O–H groups in total. The van der Waals surface area contributed by atoms with Crippen molar-refractivity contribution in [2.75, 3.05) is 18.5 Å². The van der Waals surface area contributed by atoms with Gasteiger partial charge in [-0.15, -0.1) is 0 Å². The zero-order valence-corrected chi connectivity index (χ0v) is 11.3. The zero-order chi connectivity index (χ0) is 14.2. The van der Waals surface area contributed by atoms with E-state index in [1.165, 1.54) is 12.5 Å². The van der Waals surface area contributed by atoms with Crippen molar-refractivity contribution in [3.8, 4) is 0 Å². The number of aryl methyl sites for hydroxylation is 1. The summed E-state index contributed by atoms with van der Waals surface area (Å²) < 4.78 is 4.89. The Balaban J connectivity index is 1.74. The Kier molecular flexibility index (Phi) is 5.05. The molecule has 0 fully saturated rings. The highest BCUT2D eigenvalue weighted by molar-refractivity contribution is 5.89. The fourth-order valence-corrected chi connectivity index (χ4v) is 1.66. The van der Waals surface area contributed by atoms with Crippen LogP contribution in [0.15, 0.2) is 24.7 Å². The molecule has 0 atom stereocenters. The van der Waals surface area contributed by atoms with Gasteiger partial charge in [-0.1, -0.05) is 0 Å². The van der Waals surface area contributed by atoms with Crippen LogP contribution in [0.3, 0.4) is 0 Å². The number of pyridine rings is 1. The first kappa shape index (κ1) is 14.0. The summed E-state index contributed by atoms with van der Waals surface area (Å²) in [6, 6.07) is 3.46. The number of hydrogen-bond donors (Lipinski definition) is 2. The summed E-state index contributed by atoms with van der Waals surface area (Å²) in [5, 5.41) is 9.78. The third-order valence-corrected chi connectivity index (χ3v) is 2.64. The summed E-state index contributed by atoms with van der Waals surface area (Å²) in [6.07, 6.45) is 4.75. The number of anilines is 1. The van der Waals surface area contributed by atoms with Crippen LogP contribution in [0.1, 0.15) is 29.5 Å². The standard InChI is InChI=1S/C13H17N5O2/c1-2-20-13(19)10-5-6-11(15-8-10)14-7-3-4-12-16-9-17-18-12/h5-6,8-9H,2-4,7H2,1H3,(H,14,15)(H,16,17,18). The second-order valence-corrected chi connectivity index (χ2v) is 4.12. The van der Waals surface area contributed by atoms with Gasteiger partial charge in [-0.3, -0.25) is 5.10 Å². The Morgan fingerprint density at radius 2 is 2.30 bits per heavy atom. The van der Waals surface area contributed by atoms with Crippen LogP contribution in [0, 0.1) is 0 Å². The number of H-pyrrole nitrogens is 1. The molecule has 0 saturated heterocycles. The maximum absolute atomic E-state index is 11.4. The average Bonchev–Trinajstić information content (AvgIpc) is 2.98. The average molecular weight is 275 g/mol. The number of rotatable bonds is 7. The normalized spacial score (nSPS) is 10.2. The minimum absolute atomic E-state index is 0.350. The highest BCUT2D eigenvalue weighted by atomic mass is 16.5. The number of esters is 1. The fraction of sp³-hybridized carbons (Fsp3) is 0.385. The topological polar surface area (TPSA) is 92.8 Å². The Hall–Kier alpha value is -2.44. The molecule has 7 nitrogen and oxygen atoms in total. The number of nitrogens with one attached hydrogen (secondary N) is 2. The molecule has 0 saturated carbocycles. The molecule has 0 unspecified atom stereocenters. The van der Waals surface area contributed by atoms with Crippen molar-refractivity contribution in [1.82, 2.24) is 20.2 Å². The lowest BCUT2D eigenvalue weighted by Gasteiger charge is -2.05. The molecule has 0 bridgehead atoms. The van der Waals surface area contributed by atoms with Crippen LogP contribution in [0.2, 0.25) is 0 Å². The van der Waals surface area contributed by atoms with Crippen molar-refractivity contribution in [3.63, 3.8) is 0 Å². The van der Waals surface area contributed by atoms with Crippen molar-refractivity contribution in [2.45, 2.75) is 19.8 Å². The van der Waals surface area contributed by atoms with Crippen molar-refractivity contribution in [3.05, 3.63) is 36.0 Å². The van der Waals surface area contributed by atoms with E-state index in [1.54, 1.807) is 19.1 Å². The third kappa shape index (κ3) is 4.04. The molecule has 106 valence electrons. The molecule has 20 heavy (non-hydrogen) atoms. The van der Waals surface area contributed by atoms with Crippen molar-refractivity contribution in [2.24, 2.45) is 0 Å². The summed E-state index contributed by atoms with van der Waals surface area (Å²) in [5.74, 6) is 1.25. The van der Waals surface area contributed by atoms with Gasteiger partial charge in [0.15, 0.2) is 0 Å². The third-order valence-electron chi connectivity index (χ3n) is 2.64. The van der Waals surface area contributed by atoms with Crippen LogP contribution in [0.5, 0.6) is 0 Å². The predicted molar refractivity (Wildman–Crippen MR) is 73.4 cm³/mol. The van der Waals surface area contributed by atoms with Crippen molar-refractivity contribution >= 4 is 11.8 Å². The molecule has 0 radical (unpaired) electrons. The largest absolute Gasteiger partial charge is 0.462 e. The summed E-state index contributed by atoms with van der Waals surface area (Å²) in [5.41, 5.74) is 0.457. The van der Waals surface area contributed by atoms with E-state index in [4.69, 9.17) is 4.74 Å². The maximum Gasteiger partial charge on any atom is 0.339 e.